The average Bonchev–Trinajstić information content (AvgIpc) is 2.99. The van der Waals surface area contributed by atoms with Crippen LogP contribution in [-0.2, 0) is 30.4 Å². The highest BCUT2D eigenvalue weighted by Gasteiger charge is 2.34. The maximum absolute atomic E-state index is 13.1. The van der Waals surface area contributed by atoms with E-state index < -0.39 is 16.8 Å². The fourth-order valence-electron chi connectivity index (χ4n) is 4.02. The number of hydrogen-bond donors (Lipinski definition) is 2. The predicted octanol–water partition coefficient (Wildman–Crippen LogP) is 3.73. The summed E-state index contributed by atoms with van der Waals surface area (Å²) in [7, 11) is 8.25. The van der Waals surface area contributed by atoms with Crippen molar-refractivity contribution in [3.63, 3.8) is 0 Å². The molecule has 234 valence electrons. The largest absolute Gasteiger partial charge is 0.497 e. The highest BCUT2D eigenvalue weighted by Crippen LogP contribution is 2.38. The van der Waals surface area contributed by atoms with Crippen LogP contribution in [-0.4, -0.2) is 77.1 Å². The lowest BCUT2D eigenvalue weighted by molar-refractivity contribution is -0.384. The first kappa shape index (κ1) is 36.5. The number of amides is 1. The molecular weight excluding hydrogens is 556 g/mol. The molecule has 12 heteroatoms. The highest BCUT2D eigenvalue weighted by molar-refractivity contribution is 5.96. The van der Waals surface area contributed by atoms with Crippen molar-refractivity contribution < 1.29 is 33.5 Å². The smallest absolute Gasteiger partial charge is 0.336 e. The van der Waals surface area contributed by atoms with E-state index in [4.69, 9.17) is 9.47 Å². The Hall–Kier alpha value is -4.55. The monoisotopic (exact) mass is 598 g/mol. The molecular formula is C31H42N4O8. The van der Waals surface area contributed by atoms with E-state index in [1.54, 1.807) is 61.4 Å². The first-order valence-corrected chi connectivity index (χ1v) is 13.4. The number of benzene rings is 2. The van der Waals surface area contributed by atoms with Gasteiger partial charge in [-0.1, -0.05) is 24.3 Å². The lowest BCUT2D eigenvalue weighted by Gasteiger charge is -2.29. The second kappa shape index (κ2) is 19.5. The minimum atomic E-state index is -0.755. The third kappa shape index (κ3) is 12.1. The van der Waals surface area contributed by atoms with Gasteiger partial charge in [0, 0.05) is 69.9 Å². The van der Waals surface area contributed by atoms with Gasteiger partial charge in [0.05, 0.1) is 24.2 Å². The Labute approximate surface area is 252 Å². The molecule has 2 aromatic rings. The number of rotatable bonds is 12. The van der Waals surface area contributed by atoms with Gasteiger partial charge in [-0.25, -0.2) is 4.79 Å². The summed E-state index contributed by atoms with van der Waals surface area (Å²) >= 11 is 0. The van der Waals surface area contributed by atoms with Crippen LogP contribution < -0.4 is 15.4 Å². The first-order chi connectivity index (χ1) is 20.5. The molecule has 1 amide bonds. The van der Waals surface area contributed by atoms with Crippen LogP contribution in [0.2, 0.25) is 0 Å². The molecule has 1 heterocycles. The van der Waals surface area contributed by atoms with Crippen molar-refractivity contribution >= 4 is 24.4 Å². The van der Waals surface area contributed by atoms with Crippen molar-refractivity contribution in [1.29, 1.82) is 0 Å². The Kier molecular flexibility index (Phi) is 16.6. The van der Waals surface area contributed by atoms with Crippen molar-refractivity contribution in [2.45, 2.75) is 32.7 Å². The maximum Gasteiger partial charge on any atom is 0.336 e. The number of carbonyl (C=O) groups excluding carboxylic acids is 3. The van der Waals surface area contributed by atoms with Crippen LogP contribution in [0, 0.1) is 10.1 Å². The fourth-order valence-corrected chi connectivity index (χ4v) is 4.02. The van der Waals surface area contributed by atoms with E-state index in [9.17, 15) is 24.5 Å². The minimum absolute atomic E-state index is 0.114. The van der Waals surface area contributed by atoms with E-state index in [0.29, 0.717) is 48.3 Å². The number of aldehydes is 1. The standard InChI is InChI=1S/C26H29N3O6.C3H7NO.C2H6O/c1-17-23(16-30)25(20-6-4-7-21(14-20)29(32)33)24(18(2)28-17)26(31)35-13-5-12-27-15-19-8-10-22(34-3)11-9-19;1-4(2)3-5;1-3-2/h4,6-11,14,16,25,27-28H,5,12-13,15H2,1-3H3;3H,1-2H3;1-2H3. The summed E-state index contributed by atoms with van der Waals surface area (Å²) in [6.07, 6.45) is 2.02. The van der Waals surface area contributed by atoms with Crippen molar-refractivity contribution in [3.8, 4) is 5.75 Å². The van der Waals surface area contributed by atoms with E-state index in [1.807, 2.05) is 24.3 Å². The molecule has 12 nitrogen and oxygen atoms in total. The molecule has 1 atom stereocenters. The summed E-state index contributed by atoms with van der Waals surface area (Å²) in [4.78, 5) is 46.6. The molecule has 1 aliphatic heterocycles. The number of hydrogen-bond acceptors (Lipinski definition) is 10. The van der Waals surface area contributed by atoms with E-state index in [0.717, 1.165) is 17.7 Å². The van der Waals surface area contributed by atoms with Gasteiger partial charge in [0.25, 0.3) is 5.69 Å². The zero-order valence-electron chi connectivity index (χ0n) is 25.8. The van der Waals surface area contributed by atoms with Crippen LogP contribution in [0.25, 0.3) is 0 Å². The molecule has 0 aliphatic carbocycles. The summed E-state index contributed by atoms with van der Waals surface area (Å²) in [6.45, 7) is 4.96. The molecule has 43 heavy (non-hydrogen) atoms. The SMILES string of the molecule is CN(C)C=O.COC.COc1ccc(CNCCCOC(=O)C2=C(C)NC(C)=C(C=O)C2c2cccc([N+](=O)[O-])c2)cc1. The molecule has 2 aromatic carbocycles. The van der Waals surface area contributed by atoms with E-state index in [-0.39, 0.29) is 17.9 Å². The van der Waals surface area contributed by atoms with Crippen molar-refractivity contribution in [3.05, 3.63) is 92.3 Å². The number of dihydropyridines is 1. The summed E-state index contributed by atoms with van der Waals surface area (Å²) in [6, 6.07) is 13.7. The van der Waals surface area contributed by atoms with Crippen LogP contribution >= 0.6 is 0 Å². The first-order valence-electron chi connectivity index (χ1n) is 13.4. The Morgan fingerprint density at radius 2 is 1.70 bits per heavy atom. The Bertz CT molecular complexity index is 1270. The molecule has 1 aliphatic rings. The van der Waals surface area contributed by atoms with Gasteiger partial charge in [0.1, 0.15) is 12.0 Å². The number of allylic oxidation sites excluding steroid dienone is 3. The second-order valence-corrected chi connectivity index (χ2v) is 9.64. The Morgan fingerprint density at radius 1 is 1.07 bits per heavy atom. The molecule has 0 bridgehead atoms. The molecule has 0 spiro atoms. The zero-order chi connectivity index (χ0) is 32.4. The highest BCUT2D eigenvalue weighted by atomic mass is 16.6. The lowest BCUT2D eigenvalue weighted by Crippen LogP contribution is -2.30. The molecule has 2 N–H and O–H groups in total. The molecule has 0 saturated heterocycles. The Morgan fingerprint density at radius 3 is 2.23 bits per heavy atom. The van der Waals surface area contributed by atoms with Gasteiger partial charge in [-0.3, -0.25) is 19.7 Å². The number of non-ortho nitro benzene ring substituents is 1. The summed E-state index contributed by atoms with van der Waals surface area (Å²) in [5.41, 5.74) is 3.22. The predicted molar refractivity (Wildman–Crippen MR) is 163 cm³/mol. The van der Waals surface area contributed by atoms with E-state index >= 15 is 0 Å². The maximum atomic E-state index is 13.1. The molecule has 0 aromatic heterocycles. The van der Waals surface area contributed by atoms with E-state index in [2.05, 4.69) is 15.4 Å². The average molecular weight is 599 g/mol. The van der Waals surface area contributed by atoms with Gasteiger partial charge in [-0.15, -0.1) is 0 Å². The third-order valence-electron chi connectivity index (χ3n) is 6.00. The molecule has 0 saturated carbocycles. The van der Waals surface area contributed by atoms with Crippen LogP contribution in [0.3, 0.4) is 0 Å². The summed E-state index contributed by atoms with van der Waals surface area (Å²) < 4.78 is 14.9. The molecule has 0 fully saturated rings. The van der Waals surface area contributed by atoms with Gasteiger partial charge < -0.3 is 29.7 Å². The number of nitro groups is 1. The topological polar surface area (TPSA) is 149 Å². The quantitative estimate of drug-likeness (QED) is 0.122. The van der Waals surface area contributed by atoms with Crippen LogP contribution in [0.4, 0.5) is 5.69 Å². The van der Waals surface area contributed by atoms with Gasteiger partial charge >= 0.3 is 5.97 Å². The van der Waals surface area contributed by atoms with E-state index in [1.165, 1.54) is 17.0 Å². The molecule has 1 unspecified atom stereocenters. The number of esters is 1. The molecule has 0 radical (unpaired) electrons. The van der Waals surface area contributed by atoms with Gasteiger partial charge in [0.15, 0.2) is 0 Å². The summed E-state index contributed by atoms with van der Waals surface area (Å²) in [5, 5.41) is 17.6. The Balaban J connectivity index is 0.00000103. The van der Waals surface area contributed by atoms with Gasteiger partial charge in [-0.05, 0) is 50.1 Å². The minimum Gasteiger partial charge on any atom is -0.497 e. The lowest BCUT2D eigenvalue weighted by atomic mass is 9.81. The third-order valence-corrected chi connectivity index (χ3v) is 6.00. The number of nitro benzene ring substituents is 1. The van der Waals surface area contributed by atoms with Crippen LogP contribution in [0.5, 0.6) is 5.75 Å². The van der Waals surface area contributed by atoms with Crippen molar-refractivity contribution in [2.75, 3.05) is 48.6 Å². The normalized spacial score (nSPS) is 13.8. The molecule has 3 rings (SSSR count). The number of methoxy groups -OCH3 is 2. The van der Waals surface area contributed by atoms with Gasteiger partial charge in [-0.2, -0.15) is 0 Å². The van der Waals surface area contributed by atoms with Gasteiger partial charge in [0.2, 0.25) is 6.41 Å². The van der Waals surface area contributed by atoms with Crippen molar-refractivity contribution in [2.24, 2.45) is 0 Å². The number of carbonyl (C=O) groups is 3. The number of nitrogens with zero attached hydrogens (tertiary/aromatic N) is 2. The zero-order valence-corrected chi connectivity index (χ0v) is 25.8. The van der Waals surface area contributed by atoms with Crippen LogP contribution in [0.1, 0.15) is 37.3 Å². The summed E-state index contributed by atoms with van der Waals surface area (Å²) in [5.74, 6) is -0.517. The number of ether oxygens (including phenoxy) is 3. The van der Waals surface area contributed by atoms with Crippen molar-refractivity contribution in [1.82, 2.24) is 15.5 Å². The number of nitrogens with one attached hydrogen (secondary N) is 2. The second-order valence-electron chi connectivity index (χ2n) is 9.64. The van der Waals surface area contributed by atoms with Crippen LogP contribution in [0.15, 0.2) is 71.1 Å². The fraction of sp³-hybridized carbons (Fsp3) is 0.387.